The summed E-state index contributed by atoms with van der Waals surface area (Å²) in [6.07, 6.45) is 4.08. The third-order valence-electron chi connectivity index (χ3n) is 4.21. The number of carbonyl (C=O) groups is 1. The van der Waals surface area contributed by atoms with Crippen LogP contribution in [0, 0.1) is 11.3 Å². The predicted octanol–water partition coefficient (Wildman–Crippen LogP) is 1.38. The first-order valence-corrected chi connectivity index (χ1v) is 7.29. The van der Waals surface area contributed by atoms with Crippen molar-refractivity contribution in [3.05, 3.63) is 0 Å². The molecule has 0 atom stereocenters. The Morgan fingerprint density at radius 3 is 2.58 bits per heavy atom. The van der Waals surface area contributed by atoms with Crippen molar-refractivity contribution in [2.45, 2.75) is 39.5 Å². The van der Waals surface area contributed by atoms with Crippen molar-refractivity contribution in [1.29, 1.82) is 0 Å². The molecule has 1 aliphatic carbocycles. The van der Waals surface area contributed by atoms with Crippen molar-refractivity contribution in [1.82, 2.24) is 4.90 Å². The van der Waals surface area contributed by atoms with E-state index in [-0.39, 0.29) is 11.4 Å². The van der Waals surface area contributed by atoms with Gasteiger partial charge in [0.15, 0.2) is 5.96 Å². The smallest absolute Gasteiger partial charge is 0.313 e. The van der Waals surface area contributed by atoms with E-state index in [1.54, 1.807) is 0 Å². The Morgan fingerprint density at radius 1 is 1.42 bits per heavy atom. The van der Waals surface area contributed by atoms with Crippen LogP contribution in [0.3, 0.4) is 0 Å². The van der Waals surface area contributed by atoms with Gasteiger partial charge in [-0.1, -0.05) is 6.92 Å². The molecule has 0 aromatic heterocycles. The van der Waals surface area contributed by atoms with Gasteiger partial charge in [-0.15, -0.1) is 0 Å². The van der Waals surface area contributed by atoms with Crippen LogP contribution in [0.2, 0.25) is 0 Å². The summed E-state index contributed by atoms with van der Waals surface area (Å²) < 4.78 is 5.10. The number of carbonyl (C=O) groups excluding carboxylic acids is 1. The second-order valence-electron chi connectivity index (χ2n) is 5.84. The Labute approximate surface area is 115 Å². The summed E-state index contributed by atoms with van der Waals surface area (Å²) in [6.45, 7) is 6.96. The topological polar surface area (TPSA) is 67.9 Å². The van der Waals surface area contributed by atoms with Gasteiger partial charge in [-0.2, -0.15) is 0 Å². The zero-order chi connectivity index (χ0) is 13.9. The van der Waals surface area contributed by atoms with Crippen molar-refractivity contribution in [3.63, 3.8) is 0 Å². The van der Waals surface area contributed by atoms with Crippen LogP contribution in [-0.2, 0) is 9.53 Å². The summed E-state index contributed by atoms with van der Waals surface area (Å²) in [7, 11) is 0. The van der Waals surface area contributed by atoms with Gasteiger partial charge in [0.05, 0.1) is 18.6 Å². The number of aliphatic imine (C=N–C) groups is 1. The fraction of sp³-hybridized carbons (Fsp3) is 0.857. The predicted molar refractivity (Wildman–Crippen MR) is 74.8 cm³/mol. The fourth-order valence-corrected chi connectivity index (χ4v) is 2.43. The third kappa shape index (κ3) is 3.39. The summed E-state index contributed by atoms with van der Waals surface area (Å²) in [5.41, 5.74) is 5.66. The van der Waals surface area contributed by atoms with E-state index in [1.807, 2.05) is 6.92 Å². The first-order valence-electron chi connectivity index (χ1n) is 7.29. The zero-order valence-electron chi connectivity index (χ0n) is 12.0. The maximum Gasteiger partial charge on any atom is 0.313 e. The number of nitrogens with two attached hydrogens (primary N) is 1. The van der Waals surface area contributed by atoms with E-state index >= 15 is 0 Å². The molecule has 1 aliphatic heterocycles. The van der Waals surface area contributed by atoms with Gasteiger partial charge >= 0.3 is 5.97 Å². The van der Waals surface area contributed by atoms with E-state index in [4.69, 9.17) is 10.5 Å². The molecule has 0 spiro atoms. The third-order valence-corrected chi connectivity index (χ3v) is 4.21. The summed E-state index contributed by atoms with van der Waals surface area (Å²) in [5.74, 6) is 1.25. The van der Waals surface area contributed by atoms with Gasteiger partial charge in [-0.05, 0) is 38.5 Å². The van der Waals surface area contributed by atoms with Gasteiger partial charge in [-0.25, -0.2) is 0 Å². The van der Waals surface area contributed by atoms with Gasteiger partial charge in [-0.3, -0.25) is 9.79 Å². The van der Waals surface area contributed by atoms with E-state index in [1.165, 1.54) is 12.8 Å². The molecule has 1 heterocycles. The number of esters is 1. The first-order chi connectivity index (χ1) is 9.07. The molecule has 0 amide bonds. The van der Waals surface area contributed by atoms with Crippen LogP contribution in [-0.4, -0.2) is 43.1 Å². The van der Waals surface area contributed by atoms with Gasteiger partial charge in [0.1, 0.15) is 0 Å². The molecule has 0 unspecified atom stereocenters. The van der Waals surface area contributed by atoms with Crippen molar-refractivity contribution < 1.29 is 9.53 Å². The Kier molecular flexibility index (Phi) is 4.32. The summed E-state index contributed by atoms with van der Waals surface area (Å²) in [4.78, 5) is 18.4. The lowest BCUT2D eigenvalue weighted by Gasteiger charge is -2.31. The minimum Gasteiger partial charge on any atom is -0.466 e. The number of rotatable bonds is 4. The van der Waals surface area contributed by atoms with E-state index in [9.17, 15) is 4.79 Å². The fourth-order valence-electron chi connectivity index (χ4n) is 2.43. The second kappa shape index (κ2) is 5.80. The first kappa shape index (κ1) is 14.2. The number of piperidine rings is 1. The lowest BCUT2D eigenvalue weighted by molar-refractivity contribution is -0.149. The van der Waals surface area contributed by atoms with E-state index < -0.39 is 0 Å². The van der Waals surface area contributed by atoms with Crippen molar-refractivity contribution in [3.8, 4) is 0 Å². The highest BCUT2D eigenvalue weighted by atomic mass is 16.5. The molecule has 2 rings (SSSR count). The molecular formula is C14H25N3O2. The van der Waals surface area contributed by atoms with Crippen LogP contribution < -0.4 is 5.73 Å². The average Bonchev–Trinajstić information content (AvgIpc) is 3.18. The maximum atomic E-state index is 11.8. The van der Waals surface area contributed by atoms with Gasteiger partial charge < -0.3 is 15.4 Å². The zero-order valence-corrected chi connectivity index (χ0v) is 12.0. The number of hydrogen-bond acceptors (Lipinski definition) is 3. The van der Waals surface area contributed by atoms with Crippen LogP contribution in [0.4, 0.5) is 0 Å². The largest absolute Gasteiger partial charge is 0.466 e. The minimum absolute atomic E-state index is 0.112. The molecule has 5 heteroatoms. The molecule has 1 saturated heterocycles. The van der Waals surface area contributed by atoms with E-state index in [0.717, 1.165) is 31.8 Å². The number of ether oxygens (including phenoxy) is 1. The van der Waals surface area contributed by atoms with E-state index in [0.29, 0.717) is 19.1 Å². The number of hydrogen-bond donors (Lipinski definition) is 1. The number of nitrogens with zero attached hydrogens (tertiary/aromatic N) is 2. The van der Waals surface area contributed by atoms with Crippen molar-refractivity contribution >= 4 is 11.9 Å². The minimum atomic E-state index is -0.371. The summed E-state index contributed by atoms with van der Waals surface area (Å²) >= 11 is 0. The number of likely N-dealkylation sites (tertiary alicyclic amines) is 1. The second-order valence-corrected chi connectivity index (χ2v) is 5.84. The van der Waals surface area contributed by atoms with Crippen LogP contribution in [0.5, 0.6) is 0 Å². The molecule has 2 aliphatic rings. The molecule has 2 fully saturated rings. The average molecular weight is 267 g/mol. The molecule has 0 radical (unpaired) electrons. The Morgan fingerprint density at radius 2 is 2.05 bits per heavy atom. The standard InChI is InChI=1S/C14H25N3O2/c1-3-19-12(18)14(6-7-14)10-16-13(15)17-8-4-11(2)5-9-17/h11H,3-10H2,1-2H3,(H2,15,16). The van der Waals surface area contributed by atoms with Crippen molar-refractivity contribution in [2.24, 2.45) is 22.1 Å². The van der Waals surface area contributed by atoms with Gasteiger partial charge in [0.25, 0.3) is 0 Å². The maximum absolute atomic E-state index is 11.8. The molecule has 0 bridgehead atoms. The monoisotopic (exact) mass is 267 g/mol. The van der Waals surface area contributed by atoms with Gasteiger partial charge in [0, 0.05) is 13.1 Å². The van der Waals surface area contributed by atoms with Gasteiger partial charge in [0.2, 0.25) is 0 Å². The molecule has 0 aromatic carbocycles. The highest BCUT2D eigenvalue weighted by Crippen LogP contribution is 2.47. The van der Waals surface area contributed by atoms with Crippen molar-refractivity contribution in [2.75, 3.05) is 26.2 Å². The molecule has 19 heavy (non-hydrogen) atoms. The Hall–Kier alpha value is -1.26. The van der Waals surface area contributed by atoms with E-state index in [2.05, 4.69) is 16.8 Å². The van der Waals surface area contributed by atoms with Crippen LogP contribution in [0.1, 0.15) is 39.5 Å². The molecular weight excluding hydrogens is 242 g/mol. The Bertz CT molecular complexity index is 356. The summed E-state index contributed by atoms with van der Waals surface area (Å²) in [5, 5.41) is 0. The molecule has 0 aromatic rings. The van der Waals surface area contributed by atoms with Crippen LogP contribution in [0.15, 0.2) is 4.99 Å². The highest BCUT2D eigenvalue weighted by Gasteiger charge is 2.51. The van der Waals surface area contributed by atoms with Crippen LogP contribution >= 0.6 is 0 Å². The highest BCUT2D eigenvalue weighted by molar-refractivity contribution is 5.82. The lowest BCUT2D eigenvalue weighted by Crippen LogP contribution is -2.43. The SMILES string of the molecule is CCOC(=O)C1(CN=C(N)N2CCC(C)CC2)CC1. The number of guanidine groups is 1. The summed E-state index contributed by atoms with van der Waals surface area (Å²) in [6, 6.07) is 0. The molecule has 5 nitrogen and oxygen atoms in total. The quantitative estimate of drug-likeness (QED) is 0.474. The Balaban J connectivity index is 1.86. The molecule has 1 saturated carbocycles. The normalized spacial score (nSPS) is 23.3. The lowest BCUT2D eigenvalue weighted by atomic mass is 10.00. The molecule has 2 N–H and O–H groups in total. The van der Waals surface area contributed by atoms with Crippen LogP contribution in [0.25, 0.3) is 0 Å². The molecule has 108 valence electrons.